The lowest BCUT2D eigenvalue weighted by molar-refractivity contribution is -0.142. The number of nitrogens with zero attached hydrogens (tertiary/aromatic N) is 2. The molecule has 0 bridgehead atoms. The SMILES string of the molecule is CSCC[C@H](NC(=O)[C@H](C)NC(=O)[C@H](Cc1c[nH]c2ccccc12)NC(=O)[C@@H]1CCCN1C(=O)[C@H](Cc1c[nH]cn1)NC(=O)[C@H](Cc1c[nH]c2ccccc12)NC(=O)[C@@H](N)Cc1ccccc1)C(=O)N[C@@H](CCSC)C(=O)N[C@@H](Cc1ccc(O)cc1)C(=O)N[C@@H](CCCCN)C(=O)NCC(=O)NCC(=O)NCC(=O)N[C@@H](CCCCN)C(=O)O. The number of H-pyrrole nitrogens is 3. The maximum Gasteiger partial charge on any atom is 0.326 e. The topological polar surface area (TPSA) is 565 Å². The fourth-order valence-electron chi connectivity index (χ4n) is 13.7. The monoisotopic (exact) mass is 1690 g/mol. The Morgan fingerprint density at radius 2 is 0.958 bits per heavy atom. The number of likely N-dealkylation sites (tertiary alicyclic amines) is 1. The second-order valence-electron chi connectivity index (χ2n) is 29.3. The third-order valence-corrected chi connectivity index (χ3v) is 21.5. The summed E-state index contributed by atoms with van der Waals surface area (Å²) in [6.45, 7) is 0.116. The van der Waals surface area contributed by atoms with E-state index in [0.717, 1.165) is 27.4 Å². The Hall–Kier alpha value is -11.9. The number of aromatic hydroxyl groups is 1. The van der Waals surface area contributed by atoms with Crippen molar-refractivity contribution in [3.8, 4) is 5.75 Å². The first-order chi connectivity index (χ1) is 57.7. The first kappa shape index (κ1) is 93.6. The van der Waals surface area contributed by atoms with Crippen LogP contribution < -0.4 is 81.0 Å². The highest BCUT2D eigenvalue weighted by molar-refractivity contribution is 7.98. The molecule has 38 heteroatoms. The van der Waals surface area contributed by atoms with E-state index in [4.69, 9.17) is 17.2 Å². The zero-order valence-corrected chi connectivity index (χ0v) is 68.9. The maximum absolute atomic E-state index is 15.2. The number of fused-ring (bicyclic) bond motifs is 2. The molecule has 23 N–H and O–H groups in total. The standard InChI is InChI=1S/C82H110N20O16S2/c1-48(72(107)95-61(29-34-119-2)75(110)97-62(30-35-120-3)76(111)99-64(37-50-25-27-54(103)28-26-50)78(113)96-60(22-11-13-31-83)74(109)91-45-70(105)89-44-69(104)90-46-71(106)94-63(82(117)118)23-12-14-32-84)93-77(112)65(38-51-41-87-58-20-9-7-18-55(51)58)100-80(115)68-24-15-33-102(68)81(116)67(40-53-43-86-47-92-53)101-79(114)66(39-52-42-88-59-21-10-8-19-56(52)59)98-73(108)57(85)36-49-16-5-4-6-17-49/h4-10,16-21,25-28,41-43,47-48,57,60-68,87-88,103H,11-15,22-24,29-40,44-46,83-85H2,1-3H3,(H,86,92)(H,89,105)(H,90,104)(H,91,109)(H,93,112)(H,94,106)(H,95,107)(H,96,113)(H,97,110)(H,98,108)(H,99,111)(H,100,115)(H,101,114)(H,117,118)/t48-,57-,60-,61-,62-,63-,64-,65-,66-,67-,68-/m0/s1. The number of unbranched alkanes of at least 4 members (excludes halogenated alkanes) is 2. The van der Waals surface area contributed by atoms with Gasteiger partial charge in [-0.05, 0) is 161 Å². The van der Waals surface area contributed by atoms with Gasteiger partial charge in [-0.1, -0.05) is 78.9 Å². The van der Waals surface area contributed by atoms with Crippen LogP contribution in [0.3, 0.4) is 0 Å². The second kappa shape index (κ2) is 48.3. The van der Waals surface area contributed by atoms with Gasteiger partial charge in [0.2, 0.25) is 76.8 Å². The van der Waals surface area contributed by atoms with E-state index < -0.39 is 169 Å². The van der Waals surface area contributed by atoms with E-state index in [1.54, 1.807) is 37.2 Å². The van der Waals surface area contributed by atoms with Gasteiger partial charge in [-0.3, -0.25) is 62.3 Å². The van der Waals surface area contributed by atoms with Crippen LogP contribution in [0.5, 0.6) is 5.75 Å². The number of benzene rings is 4. The van der Waals surface area contributed by atoms with Crippen molar-refractivity contribution in [1.29, 1.82) is 0 Å². The number of aromatic amines is 3. The van der Waals surface area contributed by atoms with Crippen LogP contribution in [0.15, 0.2) is 128 Å². The number of nitrogens with one attached hydrogen (secondary N) is 15. The Morgan fingerprint density at radius 1 is 0.483 bits per heavy atom. The number of para-hydroxylation sites is 2. The fraction of sp³-hybridized carbons (Fsp3) is 0.451. The van der Waals surface area contributed by atoms with Crippen molar-refractivity contribution in [2.75, 3.05) is 63.3 Å². The molecule has 1 fully saturated rings. The summed E-state index contributed by atoms with van der Waals surface area (Å²) in [7, 11) is 0. The molecule has 13 amide bonds. The number of aromatic nitrogens is 4. The molecular formula is C82H110N20O16S2. The number of carbonyl (C=O) groups excluding carboxylic acids is 13. The van der Waals surface area contributed by atoms with Gasteiger partial charge >= 0.3 is 5.97 Å². The predicted molar refractivity (Wildman–Crippen MR) is 452 cm³/mol. The molecule has 0 spiro atoms. The van der Waals surface area contributed by atoms with Gasteiger partial charge in [0.15, 0.2) is 0 Å². The van der Waals surface area contributed by atoms with Gasteiger partial charge in [-0.2, -0.15) is 23.5 Å². The molecule has 8 rings (SSSR count). The summed E-state index contributed by atoms with van der Waals surface area (Å²) < 4.78 is 0. The minimum atomic E-state index is -1.46. The average molecular weight is 1700 g/mol. The van der Waals surface area contributed by atoms with Gasteiger partial charge < -0.3 is 111 Å². The van der Waals surface area contributed by atoms with Gasteiger partial charge in [0.25, 0.3) is 0 Å². The van der Waals surface area contributed by atoms with E-state index in [1.165, 1.54) is 65.9 Å². The molecule has 646 valence electrons. The molecule has 1 aliphatic heterocycles. The third kappa shape index (κ3) is 29.3. The van der Waals surface area contributed by atoms with Gasteiger partial charge in [-0.15, -0.1) is 0 Å². The first-order valence-electron chi connectivity index (χ1n) is 39.9. The smallest absolute Gasteiger partial charge is 0.326 e. The van der Waals surface area contributed by atoms with Crippen molar-refractivity contribution in [2.45, 2.75) is 170 Å². The number of carboxylic acid groups (broad SMARTS) is 1. The van der Waals surface area contributed by atoms with Crippen molar-refractivity contribution >= 4 is 128 Å². The molecule has 4 heterocycles. The van der Waals surface area contributed by atoms with Crippen LogP contribution in [-0.2, 0) is 99.2 Å². The van der Waals surface area contributed by atoms with Crippen LogP contribution in [0, 0.1) is 0 Å². The maximum atomic E-state index is 15.2. The fourth-order valence-corrected chi connectivity index (χ4v) is 14.6. The number of aliphatic carboxylic acids is 1. The second-order valence-corrected chi connectivity index (χ2v) is 31.2. The van der Waals surface area contributed by atoms with E-state index >= 15 is 9.59 Å². The molecule has 0 saturated carbocycles. The summed E-state index contributed by atoms with van der Waals surface area (Å²) in [5.41, 5.74) is 22.2. The minimum Gasteiger partial charge on any atom is -0.508 e. The molecular weight excluding hydrogens is 1590 g/mol. The zero-order valence-electron chi connectivity index (χ0n) is 67.3. The number of rotatable bonds is 50. The summed E-state index contributed by atoms with van der Waals surface area (Å²) >= 11 is 2.71. The Labute approximate surface area is 702 Å². The average Bonchev–Trinajstić information content (AvgIpc) is 1.62. The van der Waals surface area contributed by atoms with Crippen molar-refractivity contribution < 1.29 is 77.3 Å². The summed E-state index contributed by atoms with van der Waals surface area (Å²) in [5.74, 6) is -10.8. The lowest BCUT2D eigenvalue weighted by Crippen LogP contribution is -2.60. The largest absolute Gasteiger partial charge is 0.508 e. The number of imidazole rings is 1. The van der Waals surface area contributed by atoms with E-state index in [1.807, 2.05) is 72.8 Å². The number of hydrogen-bond donors (Lipinski definition) is 20. The molecule has 7 aromatic rings. The van der Waals surface area contributed by atoms with Crippen LogP contribution in [-0.4, -0.2) is 248 Å². The van der Waals surface area contributed by atoms with Gasteiger partial charge in [-0.25, -0.2) is 9.78 Å². The van der Waals surface area contributed by atoms with Crippen LogP contribution >= 0.6 is 23.5 Å². The molecule has 1 aliphatic rings. The lowest BCUT2D eigenvalue weighted by atomic mass is 10.0. The van der Waals surface area contributed by atoms with Crippen LogP contribution in [0.1, 0.15) is 99.1 Å². The predicted octanol–water partition coefficient (Wildman–Crippen LogP) is -0.510. The van der Waals surface area contributed by atoms with Gasteiger partial charge in [0, 0.05) is 72.6 Å². The highest BCUT2D eigenvalue weighted by Crippen LogP contribution is 2.25. The first-order valence-corrected chi connectivity index (χ1v) is 42.6. The van der Waals surface area contributed by atoms with Crippen LogP contribution in [0.2, 0.25) is 0 Å². The molecule has 3 aromatic heterocycles. The zero-order chi connectivity index (χ0) is 86.6. The molecule has 11 atom stereocenters. The number of phenols is 1. The van der Waals surface area contributed by atoms with Crippen molar-refractivity contribution in [2.24, 2.45) is 17.2 Å². The summed E-state index contributed by atoms with van der Waals surface area (Å²) in [4.78, 5) is 211. The Morgan fingerprint density at radius 3 is 1.52 bits per heavy atom. The number of thioether (sulfide) groups is 2. The number of phenolic OH excluding ortho intramolecular Hbond substituents is 1. The van der Waals surface area contributed by atoms with E-state index in [2.05, 4.69) is 83.7 Å². The highest BCUT2D eigenvalue weighted by atomic mass is 32.2. The van der Waals surface area contributed by atoms with Crippen molar-refractivity contribution in [1.82, 2.24) is 88.6 Å². The molecule has 36 nitrogen and oxygen atoms in total. The number of hydrogen-bond acceptors (Lipinski definition) is 21. The van der Waals surface area contributed by atoms with E-state index in [9.17, 15) is 67.7 Å². The van der Waals surface area contributed by atoms with Crippen molar-refractivity contribution in [3.63, 3.8) is 0 Å². The molecule has 0 aliphatic carbocycles. The summed E-state index contributed by atoms with van der Waals surface area (Å²) in [6.07, 6.45) is 12.0. The Balaban J connectivity index is 0.938. The molecule has 1 saturated heterocycles. The Bertz CT molecular complexity index is 4610. The number of carboxylic acids is 1. The highest BCUT2D eigenvalue weighted by Gasteiger charge is 2.42. The molecule has 0 unspecified atom stereocenters. The minimum absolute atomic E-state index is 0.00734. The van der Waals surface area contributed by atoms with Crippen molar-refractivity contribution in [3.05, 3.63) is 156 Å². The Kier molecular flexibility index (Phi) is 37.7. The summed E-state index contributed by atoms with van der Waals surface area (Å²) in [5, 5.41) is 52.8. The molecule has 0 radical (unpaired) electrons. The van der Waals surface area contributed by atoms with Gasteiger partial charge in [0.05, 0.1) is 37.7 Å². The summed E-state index contributed by atoms with van der Waals surface area (Å²) in [6, 6.07) is 15.4. The third-order valence-electron chi connectivity index (χ3n) is 20.2. The van der Waals surface area contributed by atoms with Crippen LogP contribution in [0.4, 0.5) is 0 Å². The quantitative estimate of drug-likeness (QED) is 0.0214. The lowest BCUT2D eigenvalue weighted by Gasteiger charge is -2.31. The number of carbonyl (C=O) groups is 14. The molecule has 4 aromatic carbocycles. The van der Waals surface area contributed by atoms with Crippen LogP contribution in [0.25, 0.3) is 21.8 Å². The van der Waals surface area contributed by atoms with Gasteiger partial charge in [0.1, 0.15) is 66.2 Å². The normalized spacial score (nSPS) is 15.0. The number of nitrogens with two attached hydrogens (primary N) is 3. The molecule has 120 heavy (non-hydrogen) atoms. The number of amides is 13. The van der Waals surface area contributed by atoms with E-state index in [0.29, 0.717) is 72.5 Å². The van der Waals surface area contributed by atoms with E-state index in [-0.39, 0.29) is 83.0 Å².